The zero-order valence-corrected chi connectivity index (χ0v) is 23.5. The van der Waals surface area contributed by atoms with Gasteiger partial charge in [0.1, 0.15) is 0 Å². The molecule has 1 aromatic carbocycles. The molecule has 1 amide bonds. The number of aliphatic hydroxyl groups excluding tert-OH is 1. The number of carbonyl (C=O) groups is 1. The monoisotopic (exact) mass is 510 g/mol. The molecule has 3 N–H and O–H groups in total. The summed E-state index contributed by atoms with van der Waals surface area (Å²) in [5.74, 6) is 1.61. The Morgan fingerprint density at radius 3 is 2.35 bits per heavy atom. The number of carbonyl (C=O) groups excluding carboxylic acids is 1. The molecule has 5 aliphatic rings. The molecular weight excluding hydrogens is 460 g/mol. The fourth-order valence-corrected chi connectivity index (χ4v) is 7.77. The van der Waals surface area contributed by atoms with E-state index in [1.165, 1.54) is 36.0 Å². The van der Waals surface area contributed by atoms with Crippen molar-refractivity contribution in [3.05, 3.63) is 34.9 Å². The summed E-state index contributed by atoms with van der Waals surface area (Å²) in [6, 6.07) is 7.38. The standard InChI is InChI=1S/C31H50N4O2/c1-23(2)25-4-5-26(20-34-15-14-33-28(21-34)22-36)27(19-25)18-24(3)30-6-9-31(10-7-30,11-8-30)29(37)35-16-12-32-13-17-35/h4-5,19,23-24,28,32-33,36H,6-18,20-22H2,1-3H3. The second kappa shape index (κ2) is 11.3. The van der Waals surface area contributed by atoms with Gasteiger partial charge in [0.15, 0.2) is 0 Å². The molecule has 1 aromatic rings. The number of piperazine rings is 2. The Morgan fingerprint density at radius 2 is 1.70 bits per heavy atom. The molecule has 3 aliphatic carbocycles. The van der Waals surface area contributed by atoms with Crippen LogP contribution in [0.3, 0.4) is 0 Å². The second-order valence-corrected chi connectivity index (χ2v) is 13.0. The molecular formula is C31H50N4O2. The van der Waals surface area contributed by atoms with Crippen LogP contribution in [0, 0.1) is 16.7 Å². The highest BCUT2D eigenvalue weighted by Gasteiger charge is 2.54. The normalized spacial score (nSPS) is 31.6. The molecule has 0 radical (unpaired) electrons. The van der Waals surface area contributed by atoms with Gasteiger partial charge < -0.3 is 20.6 Å². The van der Waals surface area contributed by atoms with Gasteiger partial charge in [-0.25, -0.2) is 0 Å². The van der Waals surface area contributed by atoms with Gasteiger partial charge in [0.25, 0.3) is 0 Å². The summed E-state index contributed by atoms with van der Waals surface area (Å²) < 4.78 is 0. The summed E-state index contributed by atoms with van der Waals surface area (Å²) in [4.78, 5) is 18.2. The molecule has 2 saturated heterocycles. The molecule has 0 aromatic heterocycles. The van der Waals surface area contributed by atoms with E-state index >= 15 is 0 Å². The predicted octanol–water partition coefficient (Wildman–Crippen LogP) is 3.53. The Labute approximate surface area is 224 Å². The molecule has 2 aliphatic heterocycles. The molecule has 2 heterocycles. The van der Waals surface area contributed by atoms with E-state index < -0.39 is 0 Å². The van der Waals surface area contributed by atoms with Crippen LogP contribution < -0.4 is 10.6 Å². The van der Waals surface area contributed by atoms with Crippen LogP contribution in [0.1, 0.15) is 81.9 Å². The summed E-state index contributed by atoms with van der Waals surface area (Å²) in [5.41, 5.74) is 4.72. The van der Waals surface area contributed by atoms with Crippen LogP contribution in [-0.2, 0) is 17.8 Å². The van der Waals surface area contributed by atoms with Gasteiger partial charge in [0.05, 0.1) is 6.61 Å². The van der Waals surface area contributed by atoms with Crippen LogP contribution in [-0.4, -0.2) is 79.3 Å². The van der Waals surface area contributed by atoms with Crippen LogP contribution in [0.4, 0.5) is 0 Å². The number of hydrogen-bond donors (Lipinski definition) is 3. The van der Waals surface area contributed by atoms with Gasteiger partial charge in [-0.05, 0) is 78.9 Å². The summed E-state index contributed by atoms with van der Waals surface area (Å²) in [7, 11) is 0. The van der Waals surface area contributed by atoms with Crippen LogP contribution in [0.2, 0.25) is 0 Å². The van der Waals surface area contributed by atoms with Gasteiger partial charge in [-0.15, -0.1) is 0 Å². The summed E-state index contributed by atoms with van der Waals surface area (Å²) in [5, 5.41) is 16.5. The Kier molecular flexibility index (Phi) is 8.30. The molecule has 2 unspecified atom stereocenters. The topological polar surface area (TPSA) is 67.8 Å². The fourth-order valence-electron chi connectivity index (χ4n) is 7.77. The molecule has 5 fully saturated rings. The lowest BCUT2D eigenvalue weighted by Crippen LogP contribution is -2.56. The molecule has 0 spiro atoms. The lowest BCUT2D eigenvalue weighted by atomic mass is 9.49. The van der Waals surface area contributed by atoms with Gasteiger partial charge in [0.2, 0.25) is 5.91 Å². The minimum atomic E-state index is -0.0763. The van der Waals surface area contributed by atoms with Crippen molar-refractivity contribution in [2.75, 3.05) is 52.4 Å². The molecule has 6 nitrogen and oxygen atoms in total. The van der Waals surface area contributed by atoms with Crippen molar-refractivity contribution >= 4 is 5.91 Å². The quantitative estimate of drug-likeness (QED) is 0.499. The molecule has 2 bridgehead atoms. The van der Waals surface area contributed by atoms with Gasteiger partial charge in [0, 0.05) is 63.8 Å². The Bertz CT molecular complexity index is 917. The number of aliphatic hydroxyl groups is 1. The maximum absolute atomic E-state index is 13.5. The van der Waals surface area contributed by atoms with Gasteiger partial charge in [-0.2, -0.15) is 0 Å². The van der Waals surface area contributed by atoms with E-state index in [-0.39, 0.29) is 18.1 Å². The maximum Gasteiger partial charge on any atom is 0.228 e. The molecule has 3 saturated carbocycles. The molecule has 6 heteroatoms. The lowest BCUT2D eigenvalue weighted by Gasteiger charge is -2.56. The first-order valence-electron chi connectivity index (χ1n) is 15.0. The minimum absolute atomic E-state index is 0.0763. The van der Waals surface area contributed by atoms with Crippen LogP contribution in [0.5, 0.6) is 0 Å². The van der Waals surface area contributed by atoms with Gasteiger partial charge in [-0.3, -0.25) is 9.69 Å². The largest absolute Gasteiger partial charge is 0.395 e. The first kappa shape index (κ1) is 27.1. The minimum Gasteiger partial charge on any atom is -0.395 e. The van der Waals surface area contributed by atoms with E-state index in [9.17, 15) is 9.90 Å². The van der Waals surface area contributed by atoms with Crippen LogP contribution >= 0.6 is 0 Å². The first-order chi connectivity index (χ1) is 17.8. The van der Waals surface area contributed by atoms with Crippen molar-refractivity contribution in [3.63, 3.8) is 0 Å². The predicted molar refractivity (Wildman–Crippen MR) is 150 cm³/mol. The van der Waals surface area contributed by atoms with Crippen LogP contribution in [0.15, 0.2) is 18.2 Å². The van der Waals surface area contributed by atoms with Crippen molar-refractivity contribution in [1.29, 1.82) is 0 Å². The van der Waals surface area contributed by atoms with E-state index in [0.29, 0.717) is 23.2 Å². The Hall–Kier alpha value is -1.47. The Morgan fingerprint density at radius 1 is 1.00 bits per heavy atom. The van der Waals surface area contributed by atoms with E-state index in [4.69, 9.17) is 0 Å². The fraction of sp³-hybridized carbons (Fsp3) is 0.774. The van der Waals surface area contributed by atoms with E-state index in [2.05, 4.69) is 59.4 Å². The number of fused-ring (bicyclic) bond motifs is 3. The molecule has 2 atom stereocenters. The smallest absolute Gasteiger partial charge is 0.228 e. The highest BCUT2D eigenvalue weighted by Crippen LogP contribution is 2.60. The maximum atomic E-state index is 13.5. The number of hydrogen-bond acceptors (Lipinski definition) is 5. The number of nitrogens with zero attached hydrogens (tertiary/aromatic N) is 2. The third-order valence-corrected chi connectivity index (χ3v) is 10.6. The first-order valence-corrected chi connectivity index (χ1v) is 15.0. The van der Waals surface area contributed by atoms with Crippen molar-refractivity contribution < 1.29 is 9.90 Å². The number of amides is 1. The highest BCUT2D eigenvalue weighted by molar-refractivity contribution is 5.83. The Balaban J connectivity index is 1.28. The van der Waals surface area contributed by atoms with Crippen molar-refractivity contribution in [2.45, 2.75) is 84.2 Å². The molecule has 6 rings (SSSR count). The molecule has 206 valence electrons. The average Bonchev–Trinajstić information content (AvgIpc) is 2.95. The highest BCUT2D eigenvalue weighted by atomic mass is 16.3. The SMILES string of the molecule is CC(C)c1ccc(CN2CCNC(CO)C2)c(CC(C)C23CCC(C(=O)N4CCNCC4)(CC2)CC3)c1. The van der Waals surface area contributed by atoms with Crippen molar-refractivity contribution in [2.24, 2.45) is 16.7 Å². The lowest BCUT2D eigenvalue weighted by molar-refractivity contribution is -0.154. The van der Waals surface area contributed by atoms with E-state index in [1.54, 1.807) is 0 Å². The summed E-state index contributed by atoms with van der Waals surface area (Å²) >= 11 is 0. The number of rotatable bonds is 8. The second-order valence-electron chi connectivity index (χ2n) is 13.0. The molecule has 37 heavy (non-hydrogen) atoms. The van der Waals surface area contributed by atoms with E-state index in [1.807, 2.05) is 0 Å². The average molecular weight is 511 g/mol. The number of nitrogens with one attached hydrogen (secondary N) is 2. The van der Waals surface area contributed by atoms with Gasteiger partial charge in [-0.1, -0.05) is 39.0 Å². The zero-order chi connectivity index (χ0) is 26.0. The van der Waals surface area contributed by atoms with Crippen LogP contribution in [0.25, 0.3) is 0 Å². The number of benzene rings is 1. The summed E-state index contributed by atoms with van der Waals surface area (Å²) in [6.45, 7) is 14.8. The third-order valence-electron chi connectivity index (χ3n) is 10.6. The van der Waals surface area contributed by atoms with Crippen molar-refractivity contribution in [1.82, 2.24) is 20.4 Å². The zero-order valence-electron chi connectivity index (χ0n) is 23.5. The summed E-state index contributed by atoms with van der Waals surface area (Å²) in [6.07, 6.45) is 8.01. The van der Waals surface area contributed by atoms with Crippen molar-refractivity contribution in [3.8, 4) is 0 Å². The van der Waals surface area contributed by atoms with Gasteiger partial charge >= 0.3 is 0 Å². The van der Waals surface area contributed by atoms with E-state index in [0.717, 1.165) is 78.0 Å². The third kappa shape index (κ3) is 5.63.